The zero-order valence-electron chi connectivity index (χ0n) is 13.3. The lowest BCUT2D eigenvalue weighted by molar-refractivity contribution is 0.0588. The fourth-order valence-electron chi connectivity index (χ4n) is 3.27. The van der Waals surface area contributed by atoms with Gasteiger partial charge in [-0.1, -0.05) is 0 Å². The minimum atomic E-state index is -2.86. The maximum absolute atomic E-state index is 12.5. The summed E-state index contributed by atoms with van der Waals surface area (Å²) in [7, 11) is -1.26. The van der Waals surface area contributed by atoms with Crippen LogP contribution >= 0.6 is 0 Å². The quantitative estimate of drug-likeness (QED) is 0.809. The van der Waals surface area contributed by atoms with Crippen LogP contribution in [0.2, 0.25) is 0 Å². The Balaban J connectivity index is 1.57. The van der Waals surface area contributed by atoms with Gasteiger partial charge in [-0.2, -0.15) is 0 Å². The van der Waals surface area contributed by atoms with Crippen molar-refractivity contribution < 1.29 is 17.9 Å². The van der Waals surface area contributed by atoms with Crippen LogP contribution in [0.15, 0.2) is 24.3 Å². The number of rotatable bonds is 3. The van der Waals surface area contributed by atoms with Gasteiger partial charge in [-0.15, -0.1) is 0 Å². The Labute approximate surface area is 136 Å². The Bertz CT molecular complexity index is 664. The first-order chi connectivity index (χ1) is 11.0. The van der Waals surface area contributed by atoms with Crippen LogP contribution in [-0.2, 0) is 9.84 Å². The molecule has 2 heterocycles. The van der Waals surface area contributed by atoms with Gasteiger partial charge in [-0.25, -0.2) is 8.42 Å². The molecule has 0 spiro atoms. The molecule has 6 nitrogen and oxygen atoms in total. The predicted octanol–water partition coefficient (Wildman–Crippen LogP) is 0.640. The Hall–Kier alpha value is -1.60. The molecule has 2 saturated heterocycles. The van der Waals surface area contributed by atoms with Crippen LogP contribution in [0.3, 0.4) is 0 Å². The maximum atomic E-state index is 12.5. The Kier molecular flexibility index (Phi) is 4.59. The van der Waals surface area contributed by atoms with Crippen molar-refractivity contribution in [2.45, 2.75) is 12.5 Å². The van der Waals surface area contributed by atoms with Crippen molar-refractivity contribution in [1.29, 1.82) is 0 Å². The Morgan fingerprint density at radius 2 is 1.78 bits per heavy atom. The molecule has 0 aromatic heterocycles. The van der Waals surface area contributed by atoms with Crippen molar-refractivity contribution in [2.75, 3.05) is 44.8 Å². The zero-order chi connectivity index (χ0) is 16.4. The highest BCUT2D eigenvalue weighted by Gasteiger charge is 2.34. The van der Waals surface area contributed by atoms with Crippen molar-refractivity contribution in [3.63, 3.8) is 0 Å². The van der Waals surface area contributed by atoms with E-state index in [4.69, 9.17) is 4.74 Å². The molecule has 1 aromatic rings. The van der Waals surface area contributed by atoms with Crippen molar-refractivity contribution in [3.05, 3.63) is 29.8 Å². The second-order valence-electron chi connectivity index (χ2n) is 6.11. The van der Waals surface area contributed by atoms with Crippen LogP contribution in [0.4, 0.5) is 0 Å². The third kappa shape index (κ3) is 3.67. The number of methoxy groups -OCH3 is 1. The van der Waals surface area contributed by atoms with Crippen molar-refractivity contribution in [3.8, 4) is 5.75 Å². The fourth-order valence-corrected chi connectivity index (χ4v) is 5.03. The average molecular weight is 338 g/mol. The van der Waals surface area contributed by atoms with Crippen LogP contribution < -0.4 is 4.74 Å². The van der Waals surface area contributed by atoms with E-state index in [1.807, 2.05) is 4.90 Å². The molecule has 0 aliphatic carbocycles. The Morgan fingerprint density at radius 3 is 2.30 bits per heavy atom. The summed E-state index contributed by atoms with van der Waals surface area (Å²) in [6, 6.07) is 7.24. The van der Waals surface area contributed by atoms with Gasteiger partial charge in [0.25, 0.3) is 5.91 Å². The first-order valence-corrected chi connectivity index (χ1v) is 9.68. The number of ether oxygens (including phenoxy) is 1. The monoisotopic (exact) mass is 338 g/mol. The highest BCUT2D eigenvalue weighted by atomic mass is 32.2. The van der Waals surface area contributed by atoms with E-state index >= 15 is 0 Å². The van der Waals surface area contributed by atoms with Gasteiger partial charge in [0.15, 0.2) is 9.84 Å². The smallest absolute Gasteiger partial charge is 0.253 e. The minimum absolute atomic E-state index is 0.0198. The normalized spacial score (nSPS) is 24.6. The third-order valence-electron chi connectivity index (χ3n) is 4.66. The molecule has 0 N–H and O–H groups in total. The van der Waals surface area contributed by atoms with E-state index in [0.717, 1.165) is 25.3 Å². The maximum Gasteiger partial charge on any atom is 0.253 e. The predicted molar refractivity (Wildman–Crippen MR) is 87.5 cm³/mol. The second kappa shape index (κ2) is 6.49. The number of hydrogen-bond donors (Lipinski definition) is 0. The number of sulfone groups is 1. The molecule has 7 heteroatoms. The van der Waals surface area contributed by atoms with Crippen LogP contribution in [0, 0.1) is 0 Å². The van der Waals surface area contributed by atoms with Crippen molar-refractivity contribution in [2.24, 2.45) is 0 Å². The highest BCUT2D eigenvalue weighted by molar-refractivity contribution is 7.91. The Morgan fingerprint density at radius 1 is 1.13 bits per heavy atom. The summed E-state index contributed by atoms with van der Waals surface area (Å²) in [6.45, 7) is 2.76. The molecule has 1 atom stereocenters. The lowest BCUT2D eigenvalue weighted by atomic mass is 10.1. The first kappa shape index (κ1) is 16.3. The summed E-state index contributed by atoms with van der Waals surface area (Å²) in [5.74, 6) is 1.31. The summed E-state index contributed by atoms with van der Waals surface area (Å²) < 4.78 is 28.3. The third-order valence-corrected chi connectivity index (χ3v) is 6.41. The SMILES string of the molecule is COc1ccc(C(=O)N2CCN([C@H]3CCS(=O)(=O)C3)CC2)cc1. The van der Waals surface area contributed by atoms with E-state index in [9.17, 15) is 13.2 Å². The summed E-state index contributed by atoms with van der Waals surface area (Å²) in [5, 5.41) is 0. The molecule has 3 rings (SSSR count). The van der Waals surface area contributed by atoms with E-state index in [1.165, 1.54) is 0 Å². The number of carbonyl (C=O) groups excluding carboxylic acids is 1. The van der Waals surface area contributed by atoms with Crippen LogP contribution in [0.1, 0.15) is 16.8 Å². The summed E-state index contributed by atoms with van der Waals surface area (Å²) in [4.78, 5) is 16.5. The largest absolute Gasteiger partial charge is 0.497 e. The van der Waals surface area contributed by atoms with Crippen molar-refractivity contribution in [1.82, 2.24) is 9.80 Å². The number of piperazine rings is 1. The first-order valence-electron chi connectivity index (χ1n) is 7.86. The molecule has 1 aromatic carbocycles. The zero-order valence-corrected chi connectivity index (χ0v) is 14.1. The molecular formula is C16H22N2O4S. The van der Waals surface area contributed by atoms with E-state index in [2.05, 4.69) is 4.90 Å². The molecule has 0 bridgehead atoms. The second-order valence-corrected chi connectivity index (χ2v) is 8.34. The molecule has 2 aliphatic heterocycles. The van der Waals surface area contributed by atoms with Gasteiger partial charge in [0, 0.05) is 37.8 Å². The number of amides is 1. The van der Waals surface area contributed by atoms with E-state index < -0.39 is 9.84 Å². The number of benzene rings is 1. The lowest BCUT2D eigenvalue weighted by Crippen LogP contribution is -2.52. The highest BCUT2D eigenvalue weighted by Crippen LogP contribution is 2.20. The molecule has 126 valence electrons. The van der Waals surface area contributed by atoms with E-state index in [1.54, 1.807) is 31.4 Å². The van der Waals surface area contributed by atoms with Crippen LogP contribution in [0.25, 0.3) is 0 Å². The molecule has 0 unspecified atom stereocenters. The van der Waals surface area contributed by atoms with Crippen molar-refractivity contribution >= 4 is 15.7 Å². The summed E-state index contributed by atoms with van der Waals surface area (Å²) >= 11 is 0. The van der Waals surface area contributed by atoms with Gasteiger partial charge in [0.05, 0.1) is 18.6 Å². The van der Waals surface area contributed by atoms with Gasteiger partial charge in [-0.3, -0.25) is 9.69 Å². The molecule has 0 radical (unpaired) electrons. The summed E-state index contributed by atoms with van der Waals surface area (Å²) in [5.41, 5.74) is 0.655. The summed E-state index contributed by atoms with van der Waals surface area (Å²) in [6.07, 6.45) is 0.717. The lowest BCUT2D eigenvalue weighted by Gasteiger charge is -2.37. The van der Waals surface area contributed by atoms with Gasteiger partial charge < -0.3 is 9.64 Å². The standard InChI is InChI=1S/C16H22N2O4S/c1-22-15-4-2-13(3-5-15)16(19)18-9-7-17(8-10-18)14-6-11-23(20,21)12-14/h2-5,14H,6-12H2,1H3/t14-/m0/s1. The van der Waals surface area contributed by atoms with E-state index in [-0.39, 0.29) is 17.7 Å². The molecule has 0 saturated carbocycles. The molecule has 2 aliphatic rings. The van der Waals surface area contributed by atoms with Gasteiger partial charge in [-0.05, 0) is 30.7 Å². The van der Waals surface area contributed by atoms with E-state index in [0.29, 0.717) is 24.4 Å². The number of carbonyl (C=O) groups is 1. The minimum Gasteiger partial charge on any atom is -0.497 e. The molecule has 1 amide bonds. The number of hydrogen-bond acceptors (Lipinski definition) is 5. The average Bonchev–Trinajstić information content (AvgIpc) is 2.94. The van der Waals surface area contributed by atoms with Crippen LogP contribution in [-0.4, -0.2) is 75.0 Å². The number of nitrogens with zero attached hydrogens (tertiary/aromatic N) is 2. The van der Waals surface area contributed by atoms with Gasteiger partial charge >= 0.3 is 0 Å². The van der Waals surface area contributed by atoms with Gasteiger partial charge in [0.1, 0.15) is 5.75 Å². The molecular weight excluding hydrogens is 316 g/mol. The van der Waals surface area contributed by atoms with Gasteiger partial charge in [0.2, 0.25) is 0 Å². The topological polar surface area (TPSA) is 66.9 Å². The molecule has 23 heavy (non-hydrogen) atoms. The molecule has 2 fully saturated rings. The fraction of sp³-hybridized carbons (Fsp3) is 0.562. The van der Waals surface area contributed by atoms with Crippen LogP contribution in [0.5, 0.6) is 5.75 Å².